The minimum absolute atomic E-state index is 0.442. The molecule has 1 aliphatic rings. The summed E-state index contributed by atoms with van der Waals surface area (Å²) in [7, 11) is 0. The number of rotatable bonds is 2. The lowest BCUT2D eigenvalue weighted by atomic mass is 9.73. The van der Waals surface area contributed by atoms with E-state index in [1.165, 1.54) is 0 Å². The maximum absolute atomic E-state index is 11.5. The number of hydrogen-bond donors (Lipinski definition) is 2. The van der Waals surface area contributed by atoms with Crippen molar-refractivity contribution in [3.05, 3.63) is 0 Å². The Hall–Kier alpha value is -0.770. The van der Waals surface area contributed by atoms with Crippen molar-refractivity contribution in [3.63, 3.8) is 0 Å². The van der Waals surface area contributed by atoms with Crippen LogP contribution in [0.1, 0.15) is 47.0 Å². The second-order valence-corrected chi connectivity index (χ2v) is 5.31. The highest BCUT2D eigenvalue weighted by Crippen LogP contribution is 2.35. The molecule has 1 atom stereocenters. The van der Waals surface area contributed by atoms with E-state index in [0.717, 1.165) is 19.3 Å². The average Bonchev–Trinajstić information content (AvgIpc) is 1.92. The summed E-state index contributed by atoms with van der Waals surface area (Å²) in [6, 6.07) is 0. The number of hydrogen-bond acceptors (Lipinski definition) is 3. The molecule has 1 rings (SSSR count). The number of amides is 1. The van der Waals surface area contributed by atoms with Crippen molar-refractivity contribution < 1.29 is 14.6 Å². The lowest BCUT2D eigenvalue weighted by molar-refractivity contribution is -0.00159. The number of carbonyl (C=O) groups excluding carboxylic acids is 1. The van der Waals surface area contributed by atoms with Gasteiger partial charge in [-0.15, -0.1) is 0 Å². The summed E-state index contributed by atoms with van der Waals surface area (Å²) in [6.45, 7) is 7.17. The van der Waals surface area contributed by atoms with Crippen LogP contribution in [0.4, 0.5) is 4.79 Å². The molecule has 0 aromatic heterocycles. The molecule has 1 aliphatic carbocycles. The minimum atomic E-state index is -0.529. The molecule has 0 aromatic carbocycles. The lowest BCUT2D eigenvalue weighted by Crippen LogP contribution is -2.60. The van der Waals surface area contributed by atoms with Crippen molar-refractivity contribution in [2.75, 3.05) is 0 Å². The molecule has 0 saturated heterocycles. The van der Waals surface area contributed by atoms with Crippen molar-refractivity contribution in [1.29, 1.82) is 0 Å². The summed E-state index contributed by atoms with van der Waals surface area (Å²) in [6.07, 6.45) is 1.72. The highest BCUT2D eigenvalue weighted by atomic mass is 16.6. The maximum atomic E-state index is 11.5. The minimum Gasteiger partial charge on any atom is -0.444 e. The maximum Gasteiger partial charge on any atom is 0.408 e. The highest BCUT2D eigenvalue weighted by Gasteiger charge is 2.43. The summed E-state index contributed by atoms with van der Waals surface area (Å²) in [5, 5.41) is 12.4. The molecule has 0 radical (unpaired) electrons. The summed E-state index contributed by atoms with van der Waals surface area (Å²) < 4.78 is 5.16. The molecule has 0 unspecified atom stereocenters. The summed E-state index contributed by atoms with van der Waals surface area (Å²) in [4.78, 5) is 11.5. The molecule has 15 heavy (non-hydrogen) atoms. The van der Waals surface area contributed by atoms with E-state index in [4.69, 9.17) is 4.74 Å². The van der Waals surface area contributed by atoms with Gasteiger partial charge in [-0.25, -0.2) is 4.79 Å². The quantitative estimate of drug-likeness (QED) is 0.738. The SMILES string of the molecule is C[C@@H](O)C1(NC(=O)OC(C)(C)C)CCC1. The Labute approximate surface area is 91.0 Å². The van der Waals surface area contributed by atoms with Gasteiger partial charge in [-0.2, -0.15) is 0 Å². The molecule has 0 bridgehead atoms. The van der Waals surface area contributed by atoms with Crippen molar-refractivity contribution in [2.45, 2.75) is 64.2 Å². The predicted molar refractivity (Wildman–Crippen MR) is 57.6 cm³/mol. The number of aliphatic hydroxyl groups is 1. The first-order chi connectivity index (χ1) is 6.75. The van der Waals surface area contributed by atoms with Gasteiger partial charge < -0.3 is 15.2 Å². The van der Waals surface area contributed by atoms with Gasteiger partial charge in [0.15, 0.2) is 0 Å². The lowest BCUT2D eigenvalue weighted by Gasteiger charge is -2.44. The van der Waals surface area contributed by atoms with E-state index in [-0.39, 0.29) is 0 Å². The van der Waals surface area contributed by atoms with E-state index < -0.39 is 23.3 Å². The molecule has 0 aliphatic heterocycles. The predicted octanol–water partition coefficient (Wildman–Crippen LogP) is 1.81. The number of ether oxygens (including phenoxy) is 1. The van der Waals surface area contributed by atoms with Crippen LogP contribution in [0, 0.1) is 0 Å². The Kier molecular flexibility index (Phi) is 3.28. The van der Waals surface area contributed by atoms with Crippen molar-refractivity contribution in [2.24, 2.45) is 0 Å². The molecule has 4 heteroatoms. The monoisotopic (exact) mass is 215 g/mol. The third-order valence-electron chi connectivity index (χ3n) is 2.80. The summed E-state index contributed by atoms with van der Waals surface area (Å²) in [5.41, 5.74) is -0.948. The van der Waals surface area contributed by atoms with Crippen LogP contribution >= 0.6 is 0 Å². The van der Waals surface area contributed by atoms with Crippen LogP contribution in [0.2, 0.25) is 0 Å². The fraction of sp³-hybridized carbons (Fsp3) is 0.909. The van der Waals surface area contributed by atoms with Gasteiger partial charge in [0.25, 0.3) is 0 Å². The second kappa shape index (κ2) is 4.00. The second-order valence-electron chi connectivity index (χ2n) is 5.31. The Bertz CT molecular complexity index is 239. The van der Waals surface area contributed by atoms with Crippen molar-refractivity contribution >= 4 is 6.09 Å². The highest BCUT2D eigenvalue weighted by molar-refractivity contribution is 5.69. The van der Waals surface area contributed by atoms with Crippen LogP contribution < -0.4 is 5.32 Å². The van der Waals surface area contributed by atoms with Crippen LogP contribution in [0.25, 0.3) is 0 Å². The number of nitrogens with one attached hydrogen (secondary N) is 1. The van der Waals surface area contributed by atoms with Crippen LogP contribution in [0.15, 0.2) is 0 Å². The van der Waals surface area contributed by atoms with Gasteiger partial charge in [-0.3, -0.25) is 0 Å². The van der Waals surface area contributed by atoms with Crippen molar-refractivity contribution in [1.82, 2.24) is 5.32 Å². The first kappa shape index (κ1) is 12.3. The standard InChI is InChI=1S/C11H21NO3/c1-8(13)11(6-5-7-11)12-9(14)15-10(2,3)4/h8,13H,5-7H2,1-4H3,(H,12,14)/t8-/m1/s1. The molecular weight excluding hydrogens is 194 g/mol. The van der Waals surface area contributed by atoms with Gasteiger partial charge in [0.05, 0.1) is 11.6 Å². The van der Waals surface area contributed by atoms with E-state index in [1.807, 2.05) is 20.8 Å². The fourth-order valence-corrected chi connectivity index (χ4v) is 1.71. The molecule has 4 nitrogen and oxygen atoms in total. The van der Waals surface area contributed by atoms with Gasteiger partial charge in [0, 0.05) is 0 Å². The van der Waals surface area contributed by atoms with Crippen LogP contribution in [0.3, 0.4) is 0 Å². The van der Waals surface area contributed by atoms with Gasteiger partial charge in [0.1, 0.15) is 5.60 Å². The molecule has 2 N–H and O–H groups in total. The van der Waals surface area contributed by atoms with Gasteiger partial charge in [0.2, 0.25) is 0 Å². The molecule has 1 fully saturated rings. The first-order valence-electron chi connectivity index (χ1n) is 5.44. The van der Waals surface area contributed by atoms with E-state index in [2.05, 4.69) is 5.32 Å². The molecular formula is C11H21NO3. The van der Waals surface area contributed by atoms with Gasteiger partial charge in [-0.05, 0) is 47.0 Å². The van der Waals surface area contributed by atoms with Gasteiger partial charge >= 0.3 is 6.09 Å². The molecule has 1 amide bonds. The number of carbonyl (C=O) groups is 1. The zero-order chi connectivity index (χ0) is 11.7. The van der Waals surface area contributed by atoms with Crippen LogP contribution in [0.5, 0.6) is 0 Å². The largest absolute Gasteiger partial charge is 0.444 e. The average molecular weight is 215 g/mol. The van der Waals surface area contributed by atoms with E-state index in [0.29, 0.717) is 0 Å². The zero-order valence-corrected chi connectivity index (χ0v) is 9.96. The molecule has 0 aromatic rings. The Morgan fingerprint density at radius 2 is 2.00 bits per heavy atom. The van der Waals surface area contributed by atoms with E-state index in [1.54, 1.807) is 6.92 Å². The molecule has 1 saturated carbocycles. The zero-order valence-electron chi connectivity index (χ0n) is 9.96. The molecule has 0 heterocycles. The van der Waals surface area contributed by atoms with Crippen molar-refractivity contribution in [3.8, 4) is 0 Å². The fourth-order valence-electron chi connectivity index (χ4n) is 1.71. The number of aliphatic hydroxyl groups excluding tert-OH is 1. The normalized spacial score (nSPS) is 21.4. The van der Waals surface area contributed by atoms with E-state index >= 15 is 0 Å². The summed E-state index contributed by atoms with van der Waals surface area (Å²) >= 11 is 0. The topological polar surface area (TPSA) is 58.6 Å². The van der Waals surface area contributed by atoms with Gasteiger partial charge in [-0.1, -0.05) is 0 Å². The molecule has 0 spiro atoms. The number of alkyl carbamates (subject to hydrolysis) is 1. The van der Waals surface area contributed by atoms with E-state index in [9.17, 15) is 9.90 Å². The Morgan fingerprint density at radius 3 is 2.27 bits per heavy atom. The first-order valence-corrected chi connectivity index (χ1v) is 5.44. The van der Waals surface area contributed by atoms with Crippen LogP contribution in [-0.2, 0) is 4.74 Å². The van der Waals surface area contributed by atoms with Crippen LogP contribution in [-0.4, -0.2) is 28.4 Å². The Balaban J connectivity index is 2.50. The smallest absolute Gasteiger partial charge is 0.408 e. The molecule has 88 valence electrons. The third kappa shape index (κ3) is 3.09. The third-order valence-corrected chi connectivity index (χ3v) is 2.80. The summed E-state index contributed by atoms with van der Waals surface area (Å²) in [5.74, 6) is 0. The Morgan fingerprint density at radius 1 is 1.47 bits per heavy atom.